The van der Waals surface area contributed by atoms with Crippen molar-refractivity contribution in [1.29, 1.82) is 0 Å². The molecule has 1 aromatic carbocycles. The molecule has 0 radical (unpaired) electrons. The monoisotopic (exact) mass is 234 g/mol. The maximum Gasteiger partial charge on any atom is 0.221 e. The highest BCUT2D eigenvalue weighted by molar-refractivity contribution is 5.88. The van der Waals surface area contributed by atoms with E-state index in [0.717, 1.165) is 17.9 Å². The third-order valence-electron chi connectivity index (χ3n) is 2.64. The zero-order valence-electron chi connectivity index (χ0n) is 10.9. The minimum atomic E-state index is -0.0396. The van der Waals surface area contributed by atoms with E-state index < -0.39 is 0 Å². The van der Waals surface area contributed by atoms with Crippen LogP contribution in [0.1, 0.15) is 33.6 Å². The second-order valence-electron chi connectivity index (χ2n) is 4.53. The molecule has 1 aromatic rings. The molecule has 0 fully saturated rings. The molecule has 0 heterocycles. The third kappa shape index (κ3) is 5.38. The second-order valence-corrected chi connectivity index (χ2v) is 4.53. The summed E-state index contributed by atoms with van der Waals surface area (Å²) in [4.78, 5) is 10.9. The second kappa shape index (κ2) is 6.94. The van der Waals surface area contributed by atoms with E-state index in [-0.39, 0.29) is 5.91 Å². The lowest BCUT2D eigenvalue weighted by atomic mass is 10.1. The van der Waals surface area contributed by atoms with Crippen LogP contribution in [0.2, 0.25) is 0 Å². The minimum Gasteiger partial charge on any atom is -0.385 e. The van der Waals surface area contributed by atoms with Crippen LogP contribution in [0.5, 0.6) is 0 Å². The Hall–Kier alpha value is -1.51. The van der Waals surface area contributed by atoms with Crippen molar-refractivity contribution in [3.05, 3.63) is 24.3 Å². The van der Waals surface area contributed by atoms with Gasteiger partial charge in [0.25, 0.3) is 0 Å². The van der Waals surface area contributed by atoms with E-state index in [1.165, 1.54) is 19.8 Å². The molecule has 3 heteroatoms. The van der Waals surface area contributed by atoms with Gasteiger partial charge in [0.1, 0.15) is 0 Å². The first-order valence-electron chi connectivity index (χ1n) is 6.23. The van der Waals surface area contributed by atoms with Crippen LogP contribution >= 0.6 is 0 Å². The maximum atomic E-state index is 10.9. The quantitative estimate of drug-likeness (QED) is 0.791. The Bertz CT molecular complexity index is 346. The lowest BCUT2D eigenvalue weighted by molar-refractivity contribution is -0.114. The third-order valence-corrected chi connectivity index (χ3v) is 2.64. The molecular formula is C14H22N2O. The highest BCUT2D eigenvalue weighted by atomic mass is 16.1. The molecule has 0 saturated carbocycles. The average Bonchev–Trinajstić information content (AvgIpc) is 2.28. The molecule has 0 aliphatic rings. The molecule has 0 saturated heterocycles. The van der Waals surface area contributed by atoms with Crippen LogP contribution in [-0.2, 0) is 4.79 Å². The summed E-state index contributed by atoms with van der Waals surface area (Å²) in [6, 6.07) is 7.80. The molecule has 0 bridgehead atoms. The SMILES string of the molecule is CCCC(C)CNc1ccc(NC(C)=O)cc1. The number of carbonyl (C=O) groups excluding carboxylic acids is 1. The first-order valence-corrected chi connectivity index (χ1v) is 6.23. The summed E-state index contributed by atoms with van der Waals surface area (Å²) >= 11 is 0. The molecular weight excluding hydrogens is 212 g/mol. The van der Waals surface area contributed by atoms with Crippen molar-refractivity contribution < 1.29 is 4.79 Å². The first-order chi connectivity index (χ1) is 8.11. The van der Waals surface area contributed by atoms with Crippen molar-refractivity contribution in [3.63, 3.8) is 0 Å². The predicted molar refractivity (Wildman–Crippen MR) is 73.3 cm³/mol. The van der Waals surface area contributed by atoms with Crippen molar-refractivity contribution in [2.45, 2.75) is 33.6 Å². The van der Waals surface area contributed by atoms with Gasteiger partial charge in [-0.05, 0) is 36.6 Å². The Balaban J connectivity index is 2.42. The van der Waals surface area contributed by atoms with Crippen molar-refractivity contribution in [3.8, 4) is 0 Å². The normalized spacial score (nSPS) is 11.9. The number of nitrogens with one attached hydrogen (secondary N) is 2. The fourth-order valence-electron chi connectivity index (χ4n) is 1.76. The Labute approximate surface area is 104 Å². The predicted octanol–water partition coefficient (Wildman–Crippen LogP) is 3.49. The van der Waals surface area contributed by atoms with Crippen molar-refractivity contribution in [2.24, 2.45) is 5.92 Å². The van der Waals surface area contributed by atoms with E-state index in [4.69, 9.17) is 0 Å². The van der Waals surface area contributed by atoms with Gasteiger partial charge in [-0.3, -0.25) is 4.79 Å². The van der Waals surface area contributed by atoms with Crippen molar-refractivity contribution >= 4 is 17.3 Å². The number of benzene rings is 1. The lowest BCUT2D eigenvalue weighted by Gasteiger charge is -2.12. The van der Waals surface area contributed by atoms with Crippen LogP contribution in [0, 0.1) is 5.92 Å². The van der Waals surface area contributed by atoms with Crippen LogP contribution in [0.3, 0.4) is 0 Å². The summed E-state index contributed by atoms with van der Waals surface area (Å²) in [6.45, 7) is 6.97. The van der Waals surface area contributed by atoms with Gasteiger partial charge in [0.05, 0.1) is 0 Å². The van der Waals surface area contributed by atoms with Gasteiger partial charge < -0.3 is 10.6 Å². The molecule has 1 atom stereocenters. The molecule has 1 amide bonds. The number of hydrogen-bond acceptors (Lipinski definition) is 2. The van der Waals surface area contributed by atoms with Crippen LogP contribution in [-0.4, -0.2) is 12.5 Å². The highest BCUT2D eigenvalue weighted by Gasteiger charge is 2.00. The van der Waals surface area contributed by atoms with Gasteiger partial charge in [-0.2, -0.15) is 0 Å². The average molecular weight is 234 g/mol. The fourth-order valence-corrected chi connectivity index (χ4v) is 1.76. The van der Waals surface area contributed by atoms with Crippen molar-refractivity contribution in [2.75, 3.05) is 17.2 Å². The van der Waals surface area contributed by atoms with Crippen molar-refractivity contribution in [1.82, 2.24) is 0 Å². The maximum absolute atomic E-state index is 10.9. The first kappa shape index (κ1) is 13.6. The zero-order chi connectivity index (χ0) is 12.7. The van der Waals surface area contributed by atoms with E-state index in [9.17, 15) is 4.79 Å². The van der Waals surface area contributed by atoms with Crippen LogP contribution in [0.4, 0.5) is 11.4 Å². The molecule has 1 rings (SSSR count). The summed E-state index contributed by atoms with van der Waals surface area (Å²) in [5.74, 6) is 0.650. The number of rotatable bonds is 6. The molecule has 17 heavy (non-hydrogen) atoms. The summed E-state index contributed by atoms with van der Waals surface area (Å²) in [6.07, 6.45) is 2.47. The zero-order valence-corrected chi connectivity index (χ0v) is 10.9. The number of carbonyl (C=O) groups is 1. The molecule has 0 aliphatic heterocycles. The largest absolute Gasteiger partial charge is 0.385 e. The lowest BCUT2D eigenvalue weighted by Crippen LogP contribution is -2.11. The molecule has 0 spiro atoms. The van der Waals surface area contributed by atoms with E-state index in [0.29, 0.717) is 5.92 Å². The van der Waals surface area contributed by atoms with Gasteiger partial charge in [-0.1, -0.05) is 20.3 Å². The summed E-state index contributed by atoms with van der Waals surface area (Å²) in [5, 5.41) is 6.15. The number of amides is 1. The summed E-state index contributed by atoms with van der Waals surface area (Å²) in [7, 11) is 0. The van der Waals surface area contributed by atoms with E-state index in [2.05, 4.69) is 24.5 Å². The van der Waals surface area contributed by atoms with Gasteiger partial charge in [-0.25, -0.2) is 0 Å². The van der Waals surface area contributed by atoms with Gasteiger partial charge in [0.2, 0.25) is 5.91 Å². The highest BCUT2D eigenvalue weighted by Crippen LogP contribution is 2.14. The van der Waals surface area contributed by atoms with E-state index >= 15 is 0 Å². The molecule has 94 valence electrons. The van der Waals surface area contributed by atoms with Gasteiger partial charge >= 0.3 is 0 Å². The molecule has 0 aliphatic carbocycles. The smallest absolute Gasteiger partial charge is 0.221 e. The van der Waals surface area contributed by atoms with E-state index in [1.54, 1.807) is 0 Å². The van der Waals surface area contributed by atoms with Crippen LogP contribution < -0.4 is 10.6 Å². The molecule has 1 unspecified atom stereocenters. The molecule has 2 N–H and O–H groups in total. The van der Waals surface area contributed by atoms with Crippen LogP contribution in [0.25, 0.3) is 0 Å². The van der Waals surface area contributed by atoms with Gasteiger partial charge in [0, 0.05) is 24.8 Å². The van der Waals surface area contributed by atoms with Gasteiger partial charge in [-0.15, -0.1) is 0 Å². The van der Waals surface area contributed by atoms with E-state index in [1.807, 2.05) is 24.3 Å². The number of anilines is 2. The summed E-state index contributed by atoms with van der Waals surface area (Å²) in [5.41, 5.74) is 1.94. The number of hydrogen-bond donors (Lipinski definition) is 2. The topological polar surface area (TPSA) is 41.1 Å². The summed E-state index contributed by atoms with van der Waals surface area (Å²) < 4.78 is 0. The Morgan fingerprint density at radius 3 is 2.35 bits per heavy atom. The Morgan fingerprint density at radius 1 is 1.24 bits per heavy atom. The Morgan fingerprint density at radius 2 is 1.82 bits per heavy atom. The molecule has 3 nitrogen and oxygen atoms in total. The minimum absolute atomic E-state index is 0.0396. The Kier molecular flexibility index (Phi) is 5.53. The molecule has 0 aromatic heterocycles. The standard InChI is InChI=1S/C14H22N2O/c1-4-5-11(2)10-15-13-6-8-14(9-7-13)16-12(3)17/h6-9,11,15H,4-5,10H2,1-3H3,(H,16,17). The van der Waals surface area contributed by atoms with Gasteiger partial charge in [0.15, 0.2) is 0 Å². The van der Waals surface area contributed by atoms with Crippen LogP contribution in [0.15, 0.2) is 24.3 Å². The fraction of sp³-hybridized carbons (Fsp3) is 0.500.